The largest absolute Gasteiger partial charge is 0.380 e. The first kappa shape index (κ1) is 26.4. The summed E-state index contributed by atoms with van der Waals surface area (Å²) in [5.41, 5.74) is 10.6. The lowest BCUT2D eigenvalue weighted by Gasteiger charge is -2.18. The maximum atomic E-state index is 12.7. The van der Waals surface area contributed by atoms with Gasteiger partial charge in [-0.15, -0.1) is 0 Å². The van der Waals surface area contributed by atoms with Crippen LogP contribution in [-0.2, 0) is 16.1 Å². The molecule has 7 N–H and O–H groups in total. The molecule has 1 fully saturated rings. The highest BCUT2D eigenvalue weighted by molar-refractivity contribution is 6.16. The Morgan fingerprint density at radius 3 is 2.55 bits per heavy atom. The Balaban J connectivity index is 1.50. The first-order valence-corrected chi connectivity index (χ1v) is 12.5. The molecule has 0 bridgehead atoms. The zero-order chi connectivity index (χ0) is 27.2. The minimum Gasteiger partial charge on any atom is -0.380 e. The van der Waals surface area contributed by atoms with Gasteiger partial charge >= 0.3 is 0 Å². The summed E-state index contributed by atoms with van der Waals surface area (Å²) in [6.45, 7) is 3.80. The molecule has 1 aliphatic carbocycles. The Labute approximate surface area is 221 Å². The number of aromatic amines is 1. The Kier molecular flexibility index (Phi) is 8.06. The molecule has 4 rings (SSSR count). The molecule has 3 amide bonds. The van der Waals surface area contributed by atoms with Gasteiger partial charge in [-0.2, -0.15) is 0 Å². The van der Waals surface area contributed by atoms with Gasteiger partial charge in [-0.25, -0.2) is 0 Å². The predicted octanol–water partition coefficient (Wildman–Crippen LogP) is 3.80. The monoisotopic (exact) mass is 512 g/mol. The molecule has 9 heteroatoms. The van der Waals surface area contributed by atoms with Crippen LogP contribution in [0, 0.1) is 11.3 Å². The van der Waals surface area contributed by atoms with E-state index in [1.54, 1.807) is 24.3 Å². The Bertz CT molecular complexity index is 1400. The first-order valence-electron chi connectivity index (χ1n) is 12.5. The highest BCUT2D eigenvalue weighted by Gasteiger charge is 2.29. The van der Waals surface area contributed by atoms with E-state index in [1.807, 2.05) is 36.5 Å². The van der Waals surface area contributed by atoms with Crippen molar-refractivity contribution in [2.75, 3.05) is 5.32 Å². The predicted molar refractivity (Wildman–Crippen MR) is 148 cm³/mol. The molecule has 0 saturated heterocycles. The molecule has 0 aliphatic heterocycles. The fraction of sp³-hybridized carbons (Fsp3) is 0.241. The van der Waals surface area contributed by atoms with Crippen LogP contribution in [0.25, 0.3) is 16.8 Å². The second-order valence-corrected chi connectivity index (χ2v) is 9.51. The van der Waals surface area contributed by atoms with Crippen LogP contribution in [0.15, 0.2) is 66.4 Å². The Morgan fingerprint density at radius 1 is 1.11 bits per heavy atom. The van der Waals surface area contributed by atoms with Crippen molar-refractivity contribution >= 4 is 35.3 Å². The van der Waals surface area contributed by atoms with Gasteiger partial charge in [0.15, 0.2) is 0 Å². The summed E-state index contributed by atoms with van der Waals surface area (Å²) in [7, 11) is 0. The van der Waals surface area contributed by atoms with Crippen molar-refractivity contribution in [2.24, 2.45) is 11.7 Å². The molecule has 0 unspecified atom stereocenters. The van der Waals surface area contributed by atoms with Gasteiger partial charge in [0, 0.05) is 43.2 Å². The number of H-pyrrole nitrogens is 1. The molecule has 3 aromatic rings. The van der Waals surface area contributed by atoms with Gasteiger partial charge in [-0.05, 0) is 72.7 Å². The maximum absolute atomic E-state index is 12.7. The van der Waals surface area contributed by atoms with E-state index in [0.717, 1.165) is 35.7 Å². The fourth-order valence-corrected chi connectivity index (χ4v) is 4.30. The summed E-state index contributed by atoms with van der Waals surface area (Å²) in [6.07, 6.45) is 5.10. The van der Waals surface area contributed by atoms with Gasteiger partial charge in [-0.3, -0.25) is 14.4 Å². The van der Waals surface area contributed by atoms with Crippen molar-refractivity contribution in [1.82, 2.24) is 15.6 Å². The SMILES string of the molecule is CC(=O)Nc1cccc(C(=O)NCc2cccc(-c3c[nH]c(/C(N[C@H](C)C4CC4)=C(\C=N)C(N)=O)c3)c2)c1. The van der Waals surface area contributed by atoms with Gasteiger partial charge in [0.25, 0.3) is 11.8 Å². The van der Waals surface area contributed by atoms with Gasteiger partial charge in [0.1, 0.15) is 0 Å². The molecule has 9 nitrogen and oxygen atoms in total. The molecule has 0 spiro atoms. The van der Waals surface area contributed by atoms with E-state index in [-0.39, 0.29) is 23.4 Å². The van der Waals surface area contributed by atoms with Crippen molar-refractivity contribution in [3.8, 4) is 11.1 Å². The van der Waals surface area contributed by atoms with Gasteiger partial charge in [0.05, 0.1) is 17.0 Å². The third-order valence-corrected chi connectivity index (χ3v) is 6.49. The number of nitrogens with two attached hydrogens (primary N) is 1. The third-order valence-electron chi connectivity index (χ3n) is 6.49. The summed E-state index contributed by atoms with van der Waals surface area (Å²) in [5.74, 6) is -0.573. The number of primary amides is 1. The molecular weight excluding hydrogens is 480 g/mol. The fourth-order valence-electron chi connectivity index (χ4n) is 4.30. The second kappa shape index (κ2) is 11.6. The number of aromatic nitrogens is 1. The van der Waals surface area contributed by atoms with E-state index in [0.29, 0.717) is 35.1 Å². The van der Waals surface area contributed by atoms with Crippen molar-refractivity contribution in [1.29, 1.82) is 5.41 Å². The number of rotatable bonds is 11. The number of carbonyl (C=O) groups excluding carboxylic acids is 3. The van der Waals surface area contributed by atoms with Crippen LogP contribution >= 0.6 is 0 Å². The second-order valence-electron chi connectivity index (χ2n) is 9.51. The molecule has 1 aliphatic rings. The molecule has 2 aromatic carbocycles. The number of nitrogens with one attached hydrogen (secondary N) is 5. The van der Waals surface area contributed by atoms with E-state index < -0.39 is 5.91 Å². The van der Waals surface area contributed by atoms with Crippen LogP contribution in [0.1, 0.15) is 48.3 Å². The van der Waals surface area contributed by atoms with Crippen LogP contribution in [-0.4, -0.2) is 35.0 Å². The smallest absolute Gasteiger partial charge is 0.252 e. The van der Waals surface area contributed by atoms with Crippen LogP contribution in [0.4, 0.5) is 5.69 Å². The summed E-state index contributed by atoms with van der Waals surface area (Å²) in [5, 5.41) is 16.7. The van der Waals surface area contributed by atoms with Crippen molar-refractivity contribution in [2.45, 2.75) is 39.3 Å². The maximum Gasteiger partial charge on any atom is 0.252 e. The number of anilines is 1. The Morgan fingerprint density at radius 2 is 1.87 bits per heavy atom. The number of hydrogen-bond donors (Lipinski definition) is 6. The number of benzene rings is 2. The van der Waals surface area contributed by atoms with Crippen molar-refractivity contribution in [3.63, 3.8) is 0 Å². The average molecular weight is 513 g/mol. The van der Waals surface area contributed by atoms with Crippen LogP contribution in [0.2, 0.25) is 0 Å². The zero-order valence-corrected chi connectivity index (χ0v) is 21.4. The lowest BCUT2D eigenvalue weighted by Crippen LogP contribution is -2.30. The van der Waals surface area contributed by atoms with E-state index in [4.69, 9.17) is 11.1 Å². The standard InChI is InChI=1S/C29H32N6O3/c1-17(20-9-10-20)34-27(25(14-30)28(31)37)26-13-23(16-32-26)21-6-3-5-19(11-21)15-33-29(38)22-7-4-8-24(12-22)35-18(2)36/h3-8,11-14,16-17,20,30,32,34H,9-10,15H2,1-2H3,(H2,31,37)(H,33,38)(H,35,36)/b27-25-,30-14?/t17-/m1/s1. The van der Waals surface area contributed by atoms with Crippen molar-refractivity contribution in [3.05, 3.63) is 83.2 Å². The number of hydrogen-bond acceptors (Lipinski definition) is 5. The lowest BCUT2D eigenvalue weighted by atomic mass is 10.0. The molecule has 1 atom stereocenters. The summed E-state index contributed by atoms with van der Waals surface area (Å²) in [4.78, 5) is 39.2. The molecule has 0 radical (unpaired) electrons. The summed E-state index contributed by atoms with van der Waals surface area (Å²) < 4.78 is 0. The molecular formula is C29H32N6O3. The number of carbonyl (C=O) groups is 3. The van der Waals surface area contributed by atoms with E-state index in [9.17, 15) is 14.4 Å². The minimum atomic E-state index is -0.665. The van der Waals surface area contributed by atoms with Gasteiger partial charge in [0.2, 0.25) is 5.91 Å². The molecule has 1 heterocycles. The quantitative estimate of drug-likeness (QED) is 0.171. The summed E-state index contributed by atoms with van der Waals surface area (Å²) in [6, 6.07) is 16.6. The number of amides is 3. The highest BCUT2D eigenvalue weighted by atomic mass is 16.2. The van der Waals surface area contributed by atoms with E-state index in [1.165, 1.54) is 6.92 Å². The van der Waals surface area contributed by atoms with Crippen LogP contribution < -0.4 is 21.7 Å². The minimum absolute atomic E-state index is 0.116. The van der Waals surface area contributed by atoms with Crippen molar-refractivity contribution < 1.29 is 14.4 Å². The van der Waals surface area contributed by atoms with Gasteiger partial charge in [-0.1, -0.05) is 24.3 Å². The van der Waals surface area contributed by atoms with Gasteiger partial charge < -0.3 is 32.1 Å². The van der Waals surface area contributed by atoms with Crippen LogP contribution in [0.3, 0.4) is 0 Å². The van der Waals surface area contributed by atoms with E-state index in [2.05, 4.69) is 27.9 Å². The molecule has 196 valence electrons. The van der Waals surface area contributed by atoms with E-state index >= 15 is 0 Å². The first-order chi connectivity index (χ1) is 18.2. The normalized spacial score (nSPS) is 14.2. The average Bonchev–Trinajstić information content (AvgIpc) is 3.63. The van der Waals surface area contributed by atoms with Crippen LogP contribution in [0.5, 0.6) is 0 Å². The summed E-state index contributed by atoms with van der Waals surface area (Å²) >= 11 is 0. The molecule has 1 aromatic heterocycles. The molecule has 38 heavy (non-hydrogen) atoms. The third kappa shape index (κ3) is 6.56. The molecule has 1 saturated carbocycles. The lowest BCUT2D eigenvalue weighted by molar-refractivity contribution is -0.115. The topological polar surface area (TPSA) is 153 Å². The highest BCUT2D eigenvalue weighted by Crippen LogP contribution is 2.34. The Hall–Kier alpha value is -4.66. The zero-order valence-electron chi connectivity index (χ0n) is 21.4.